The molecule has 0 aliphatic rings. The minimum absolute atomic E-state index is 0.150. The lowest BCUT2D eigenvalue weighted by Gasteiger charge is -2.09. The van der Waals surface area contributed by atoms with Crippen molar-refractivity contribution in [2.75, 3.05) is 20.0 Å². The highest BCUT2D eigenvalue weighted by Gasteiger charge is 2.12. The van der Waals surface area contributed by atoms with Gasteiger partial charge < -0.3 is 9.47 Å². The zero-order chi connectivity index (χ0) is 13.5. The molecule has 100 valence electrons. The van der Waals surface area contributed by atoms with Crippen LogP contribution < -0.4 is 4.74 Å². The topological polar surface area (TPSA) is 35.5 Å². The molecule has 18 heavy (non-hydrogen) atoms. The molecule has 1 aromatic rings. The van der Waals surface area contributed by atoms with E-state index in [-0.39, 0.29) is 23.5 Å². The quantitative estimate of drug-likeness (QED) is 0.746. The lowest BCUT2D eigenvalue weighted by molar-refractivity contribution is -0.143. The van der Waals surface area contributed by atoms with E-state index in [1.165, 1.54) is 20.3 Å². The van der Waals surface area contributed by atoms with E-state index in [0.29, 0.717) is 11.5 Å². The first-order chi connectivity index (χ1) is 8.58. The number of halogens is 1. The fourth-order valence-electron chi connectivity index (χ4n) is 1.42. The van der Waals surface area contributed by atoms with Gasteiger partial charge in [-0.2, -0.15) is 11.8 Å². The number of ether oxygens (including phenoxy) is 2. The van der Waals surface area contributed by atoms with Crippen LogP contribution in [0.1, 0.15) is 12.5 Å². The first kappa shape index (κ1) is 14.8. The molecule has 0 N–H and O–H groups in total. The first-order valence-electron chi connectivity index (χ1n) is 5.56. The number of rotatable bonds is 6. The van der Waals surface area contributed by atoms with Gasteiger partial charge in [0.15, 0.2) is 11.6 Å². The lowest BCUT2D eigenvalue weighted by Crippen LogP contribution is -2.14. The Hall–Kier alpha value is -1.23. The highest BCUT2D eigenvalue weighted by molar-refractivity contribution is 7.98. The van der Waals surface area contributed by atoms with E-state index in [0.717, 1.165) is 5.56 Å². The van der Waals surface area contributed by atoms with Gasteiger partial charge in [0.2, 0.25) is 0 Å². The molecule has 0 aliphatic heterocycles. The van der Waals surface area contributed by atoms with Crippen molar-refractivity contribution in [2.24, 2.45) is 5.92 Å². The Morgan fingerprint density at radius 1 is 1.44 bits per heavy atom. The molecule has 0 aromatic heterocycles. The maximum atomic E-state index is 13.4. The number of methoxy groups -OCH3 is 2. The fraction of sp³-hybridized carbons (Fsp3) is 0.462. The van der Waals surface area contributed by atoms with E-state index in [2.05, 4.69) is 4.74 Å². The van der Waals surface area contributed by atoms with Crippen LogP contribution in [0.2, 0.25) is 0 Å². The predicted molar refractivity (Wildman–Crippen MR) is 70.3 cm³/mol. The molecule has 0 amide bonds. The maximum Gasteiger partial charge on any atom is 0.309 e. The molecular weight excluding hydrogens is 255 g/mol. The third-order valence-corrected chi connectivity index (χ3v) is 3.73. The van der Waals surface area contributed by atoms with Gasteiger partial charge in [0.1, 0.15) is 0 Å². The number of carbonyl (C=O) groups is 1. The number of hydrogen-bond donors (Lipinski definition) is 0. The van der Waals surface area contributed by atoms with Crippen molar-refractivity contribution in [3.63, 3.8) is 0 Å². The van der Waals surface area contributed by atoms with Crippen molar-refractivity contribution in [3.05, 3.63) is 29.6 Å². The van der Waals surface area contributed by atoms with Gasteiger partial charge in [-0.25, -0.2) is 4.39 Å². The third kappa shape index (κ3) is 4.22. The van der Waals surface area contributed by atoms with Gasteiger partial charge in [0.05, 0.1) is 20.1 Å². The Bertz CT molecular complexity index is 409. The zero-order valence-electron chi connectivity index (χ0n) is 10.7. The van der Waals surface area contributed by atoms with E-state index in [1.807, 2.05) is 13.0 Å². The van der Waals surface area contributed by atoms with Crippen molar-refractivity contribution >= 4 is 17.7 Å². The molecule has 5 heteroatoms. The molecule has 0 bridgehead atoms. The molecule has 1 atom stereocenters. The second kappa shape index (κ2) is 7.26. The summed E-state index contributed by atoms with van der Waals surface area (Å²) in [6, 6.07) is 4.88. The summed E-state index contributed by atoms with van der Waals surface area (Å²) in [5.74, 6) is 0.817. The largest absolute Gasteiger partial charge is 0.494 e. The molecule has 0 spiro atoms. The van der Waals surface area contributed by atoms with Crippen molar-refractivity contribution in [3.8, 4) is 5.75 Å². The standard InChI is InChI=1S/C13H17FO3S/c1-9(13(15)17-3)7-18-8-10-4-5-12(16-2)11(14)6-10/h4-6,9H,7-8H2,1-3H3. The summed E-state index contributed by atoms with van der Waals surface area (Å²) in [4.78, 5) is 11.2. The summed E-state index contributed by atoms with van der Waals surface area (Å²) in [6.45, 7) is 1.81. The van der Waals surface area contributed by atoms with E-state index in [9.17, 15) is 9.18 Å². The molecule has 0 aliphatic carbocycles. The molecule has 0 radical (unpaired) electrons. The van der Waals surface area contributed by atoms with Crippen LogP contribution >= 0.6 is 11.8 Å². The first-order valence-corrected chi connectivity index (χ1v) is 6.72. The van der Waals surface area contributed by atoms with Crippen LogP contribution in [0.25, 0.3) is 0 Å². The number of thioether (sulfide) groups is 1. The second-order valence-corrected chi connectivity index (χ2v) is 4.94. The average molecular weight is 272 g/mol. The van der Waals surface area contributed by atoms with Gasteiger partial charge in [0.25, 0.3) is 0 Å². The summed E-state index contributed by atoms with van der Waals surface area (Å²) in [6.07, 6.45) is 0. The number of hydrogen-bond acceptors (Lipinski definition) is 4. The summed E-state index contributed by atoms with van der Waals surface area (Å²) in [5.41, 5.74) is 0.871. The van der Waals surface area contributed by atoms with Crippen LogP contribution in [0.5, 0.6) is 5.75 Å². The van der Waals surface area contributed by atoms with Crippen molar-refractivity contribution in [1.29, 1.82) is 0 Å². The van der Waals surface area contributed by atoms with Crippen LogP contribution in [-0.4, -0.2) is 25.9 Å². The van der Waals surface area contributed by atoms with Gasteiger partial charge in [-0.1, -0.05) is 13.0 Å². The summed E-state index contributed by atoms with van der Waals surface area (Å²) < 4.78 is 22.9. The summed E-state index contributed by atoms with van der Waals surface area (Å²) >= 11 is 1.57. The molecule has 1 aromatic carbocycles. The predicted octanol–water partition coefficient (Wildman–Crippen LogP) is 2.88. The minimum atomic E-state index is -0.364. The van der Waals surface area contributed by atoms with Gasteiger partial charge in [-0.15, -0.1) is 0 Å². The highest BCUT2D eigenvalue weighted by atomic mass is 32.2. The summed E-state index contributed by atoms with van der Waals surface area (Å²) in [5, 5.41) is 0. The van der Waals surface area contributed by atoms with E-state index >= 15 is 0 Å². The second-order valence-electron chi connectivity index (χ2n) is 3.91. The minimum Gasteiger partial charge on any atom is -0.494 e. The molecule has 0 saturated carbocycles. The van der Waals surface area contributed by atoms with E-state index in [4.69, 9.17) is 4.74 Å². The van der Waals surface area contributed by atoms with Gasteiger partial charge in [-0.05, 0) is 17.7 Å². The summed E-state index contributed by atoms with van der Waals surface area (Å²) in [7, 11) is 2.81. The number of benzene rings is 1. The average Bonchev–Trinajstić information content (AvgIpc) is 2.37. The van der Waals surface area contributed by atoms with Crippen LogP contribution in [0.3, 0.4) is 0 Å². The van der Waals surface area contributed by atoms with Gasteiger partial charge >= 0.3 is 5.97 Å². The van der Waals surface area contributed by atoms with Crippen LogP contribution in [0.15, 0.2) is 18.2 Å². The molecule has 1 rings (SSSR count). The molecule has 3 nitrogen and oxygen atoms in total. The fourth-order valence-corrected chi connectivity index (χ4v) is 2.45. The van der Waals surface area contributed by atoms with Crippen molar-refractivity contribution in [1.82, 2.24) is 0 Å². The van der Waals surface area contributed by atoms with Crippen molar-refractivity contribution in [2.45, 2.75) is 12.7 Å². The Morgan fingerprint density at radius 2 is 2.17 bits per heavy atom. The monoisotopic (exact) mass is 272 g/mol. The molecule has 0 saturated heterocycles. The Morgan fingerprint density at radius 3 is 2.72 bits per heavy atom. The molecule has 0 heterocycles. The highest BCUT2D eigenvalue weighted by Crippen LogP contribution is 2.21. The Balaban J connectivity index is 2.44. The normalized spacial score (nSPS) is 12.0. The van der Waals surface area contributed by atoms with Gasteiger partial charge in [-0.3, -0.25) is 4.79 Å². The molecule has 1 unspecified atom stereocenters. The zero-order valence-corrected chi connectivity index (χ0v) is 11.6. The van der Waals surface area contributed by atoms with Crippen LogP contribution in [0.4, 0.5) is 4.39 Å². The third-order valence-electron chi connectivity index (χ3n) is 2.46. The van der Waals surface area contributed by atoms with Crippen molar-refractivity contribution < 1.29 is 18.7 Å². The lowest BCUT2D eigenvalue weighted by atomic mass is 10.2. The molecular formula is C13H17FO3S. The Kier molecular flexibility index (Phi) is 5.98. The number of carbonyl (C=O) groups excluding carboxylic acids is 1. The van der Waals surface area contributed by atoms with Crippen LogP contribution in [0, 0.1) is 11.7 Å². The van der Waals surface area contributed by atoms with E-state index in [1.54, 1.807) is 17.8 Å². The van der Waals surface area contributed by atoms with E-state index < -0.39 is 0 Å². The van der Waals surface area contributed by atoms with Gasteiger partial charge in [0, 0.05) is 11.5 Å². The Labute approximate surface area is 111 Å². The molecule has 0 fully saturated rings. The van der Waals surface area contributed by atoms with Crippen LogP contribution in [-0.2, 0) is 15.3 Å². The SMILES string of the molecule is COC(=O)C(C)CSCc1ccc(OC)c(F)c1. The number of esters is 1. The smallest absolute Gasteiger partial charge is 0.309 e. The maximum absolute atomic E-state index is 13.4.